The third-order valence-corrected chi connectivity index (χ3v) is 14.8. The number of rotatable bonds is 2. The summed E-state index contributed by atoms with van der Waals surface area (Å²) >= 11 is 0. The minimum absolute atomic E-state index is 0.00281. The fraction of sp³-hybridized carbons (Fsp3) is 0.881. The van der Waals surface area contributed by atoms with Gasteiger partial charge in [0.25, 0.3) is 0 Å². The minimum Gasteiger partial charge on any atom is -0.459 e. The Hall–Kier alpha value is -1.49. The predicted molar refractivity (Wildman–Crippen MR) is 193 cm³/mol. The molecular weight excluding hydrogens is 712 g/mol. The zero-order valence-electron chi connectivity index (χ0n) is 32.2. The van der Waals surface area contributed by atoms with Gasteiger partial charge in [-0.1, -0.05) is 27.0 Å². The van der Waals surface area contributed by atoms with Crippen molar-refractivity contribution < 1.29 is 62.4 Å². The summed E-state index contributed by atoms with van der Waals surface area (Å²) in [4.78, 5) is 14.0. The molecule has 0 radical (unpaired) electrons. The number of aliphatic hydroxyl groups is 2. The molecule has 0 aromatic carbocycles. The first kappa shape index (κ1) is 37.8. The highest BCUT2D eigenvalue weighted by atomic mass is 16.8. The number of hydrogen-bond acceptors (Lipinski definition) is 13. The number of esters is 1. The van der Waals surface area contributed by atoms with Crippen molar-refractivity contribution >= 4 is 5.97 Å². The predicted octanol–water partition coefficient (Wildman–Crippen LogP) is 3.59. The van der Waals surface area contributed by atoms with Crippen LogP contribution < -0.4 is 0 Å². The molecule has 0 aromatic heterocycles. The molecule has 11 saturated heterocycles. The Bertz CT molecular complexity index is 1490. The van der Waals surface area contributed by atoms with E-state index in [1.807, 2.05) is 6.92 Å². The highest BCUT2D eigenvalue weighted by Crippen LogP contribution is 2.54. The van der Waals surface area contributed by atoms with Crippen molar-refractivity contribution in [3.8, 4) is 0 Å². The van der Waals surface area contributed by atoms with Crippen molar-refractivity contribution in [2.45, 2.75) is 213 Å². The summed E-state index contributed by atoms with van der Waals surface area (Å²) < 4.78 is 66.9. The van der Waals surface area contributed by atoms with Crippen LogP contribution in [0, 0.1) is 11.8 Å². The summed E-state index contributed by atoms with van der Waals surface area (Å²) in [6.07, 6.45) is 2.38. The van der Waals surface area contributed by atoms with Gasteiger partial charge in [0.2, 0.25) is 0 Å². The lowest BCUT2D eigenvalue weighted by Crippen LogP contribution is -2.62. The van der Waals surface area contributed by atoms with E-state index >= 15 is 0 Å². The average molecular weight is 773 g/mol. The Morgan fingerprint density at radius 1 is 0.673 bits per heavy atom. The van der Waals surface area contributed by atoms with Crippen LogP contribution in [0.1, 0.15) is 97.3 Å². The van der Waals surface area contributed by atoms with E-state index < -0.39 is 48.5 Å². The molecule has 1 spiro atoms. The molecule has 11 fully saturated rings. The molecule has 0 aliphatic carbocycles. The zero-order chi connectivity index (χ0) is 37.7. The molecule has 306 valence electrons. The van der Waals surface area contributed by atoms with Gasteiger partial charge in [0.15, 0.2) is 5.79 Å². The molecular formula is C42H60O13. The first-order valence-corrected chi connectivity index (χ1v) is 21.3. The number of ether oxygens (including phenoxy) is 10. The molecule has 13 heteroatoms. The summed E-state index contributed by atoms with van der Waals surface area (Å²) in [7, 11) is 0. The highest BCUT2D eigenvalue weighted by molar-refractivity contribution is 5.70. The number of hydrogen-bond donors (Lipinski definition) is 2. The van der Waals surface area contributed by atoms with Crippen molar-refractivity contribution in [3.05, 3.63) is 24.3 Å². The maximum Gasteiger partial charge on any atom is 0.308 e. The molecule has 12 bridgehead atoms. The van der Waals surface area contributed by atoms with E-state index in [1.54, 1.807) is 0 Å². The standard InChI is InChI=1S/C42H60O13/c1-19-13-23-5-7-27-20(2)14-25(46-27)9-11-42-18-33-38(54-42)39-40(52-33)41(55-42)37-29(51-39)8-6-24(48-37)15-34(45)53-36-22(4)35-31(16-26(44)28(50-35)10-12-43)49-32(36)17-30(47-23)21(19)3/h19,22-33,35-41,43-44H,2-3,5-18H2,1,4H3/t19-,22+,23?,24?,25+,26-,27+,28-,29+,30-,31+,32?,33-,35+,36-,37+,38+,39+,40?,41+,42+/m1/s1. The molecule has 0 saturated carbocycles. The van der Waals surface area contributed by atoms with Gasteiger partial charge in [-0.2, -0.15) is 0 Å². The van der Waals surface area contributed by atoms with Crippen molar-refractivity contribution in [1.29, 1.82) is 0 Å². The number of aliphatic hydroxyl groups excluding tert-OH is 2. The van der Waals surface area contributed by atoms with Crippen molar-refractivity contribution in [2.75, 3.05) is 6.61 Å². The quantitative estimate of drug-likeness (QED) is 0.312. The van der Waals surface area contributed by atoms with E-state index in [1.165, 1.54) is 0 Å². The molecule has 11 rings (SSSR count). The van der Waals surface area contributed by atoms with Crippen molar-refractivity contribution in [3.63, 3.8) is 0 Å². The van der Waals surface area contributed by atoms with Crippen LogP contribution in [0.5, 0.6) is 0 Å². The van der Waals surface area contributed by atoms with Gasteiger partial charge in [-0.25, -0.2) is 0 Å². The van der Waals surface area contributed by atoms with E-state index in [-0.39, 0.29) is 98.0 Å². The minimum atomic E-state index is -0.808. The summed E-state index contributed by atoms with van der Waals surface area (Å²) in [6.45, 7) is 13.1. The Labute approximate surface area is 323 Å². The molecule has 0 amide bonds. The van der Waals surface area contributed by atoms with E-state index in [9.17, 15) is 15.0 Å². The van der Waals surface area contributed by atoms with E-state index in [2.05, 4.69) is 20.1 Å². The fourth-order valence-electron chi connectivity index (χ4n) is 11.9. The third-order valence-electron chi connectivity index (χ3n) is 14.8. The Morgan fingerprint density at radius 3 is 2.27 bits per heavy atom. The fourth-order valence-corrected chi connectivity index (χ4v) is 11.9. The highest BCUT2D eigenvalue weighted by Gasteiger charge is 2.69. The Kier molecular flexibility index (Phi) is 10.1. The lowest BCUT2D eigenvalue weighted by Gasteiger charge is -2.51. The lowest BCUT2D eigenvalue weighted by atomic mass is 9.79. The Morgan fingerprint density at radius 2 is 1.42 bits per heavy atom. The van der Waals surface area contributed by atoms with Crippen molar-refractivity contribution in [1.82, 2.24) is 0 Å². The van der Waals surface area contributed by atoms with Crippen LogP contribution in [0.2, 0.25) is 0 Å². The SMILES string of the molecule is C=C1C[C@@H]2CC[C@@]34C[C@H]5OC6[C@@H](O[C@H]7CCC(CC(=O)O[C@H]8C(C[C@H]9OC(CC[C@@H]1O2)C[C@@H](C)C9=C)O[C@H]1C[C@@H](O)[C@@H](CCO)O[C@H]1[C@@H]8C)O[C@@H]7[C@@H]6O3)[C@H]5O4. The smallest absolute Gasteiger partial charge is 0.308 e. The summed E-state index contributed by atoms with van der Waals surface area (Å²) in [5.41, 5.74) is 2.14. The van der Waals surface area contributed by atoms with Gasteiger partial charge >= 0.3 is 5.97 Å². The van der Waals surface area contributed by atoms with Crippen LogP contribution in [-0.4, -0.2) is 138 Å². The van der Waals surface area contributed by atoms with E-state index in [0.29, 0.717) is 38.5 Å². The topological polar surface area (TPSA) is 150 Å². The number of carbonyl (C=O) groups is 1. The maximum atomic E-state index is 14.0. The van der Waals surface area contributed by atoms with Crippen LogP contribution in [-0.2, 0) is 52.2 Å². The third kappa shape index (κ3) is 6.79. The molecule has 0 aromatic rings. The van der Waals surface area contributed by atoms with E-state index in [4.69, 9.17) is 47.4 Å². The van der Waals surface area contributed by atoms with Crippen LogP contribution in [0.3, 0.4) is 0 Å². The van der Waals surface area contributed by atoms with Crippen LogP contribution in [0.25, 0.3) is 0 Å². The molecule has 11 aliphatic heterocycles. The zero-order valence-corrected chi connectivity index (χ0v) is 32.2. The van der Waals surface area contributed by atoms with Crippen LogP contribution >= 0.6 is 0 Å². The van der Waals surface area contributed by atoms with Gasteiger partial charge in [0.05, 0.1) is 79.7 Å². The van der Waals surface area contributed by atoms with Gasteiger partial charge in [-0.3, -0.25) is 4.79 Å². The first-order chi connectivity index (χ1) is 26.5. The first-order valence-electron chi connectivity index (χ1n) is 21.3. The second-order valence-electron chi connectivity index (χ2n) is 18.5. The number of carbonyl (C=O) groups excluding carboxylic acids is 1. The second kappa shape index (κ2) is 14.7. The summed E-state index contributed by atoms with van der Waals surface area (Å²) in [6, 6.07) is 0. The normalized spacial score (nSPS) is 54.9. The summed E-state index contributed by atoms with van der Waals surface area (Å²) in [5, 5.41) is 20.6. The molecule has 55 heavy (non-hydrogen) atoms. The van der Waals surface area contributed by atoms with Crippen molar-refractivity contribution in [2.24, 2.45) is 11.8 Å². The Balaban J connectivity index is 0.934. The van der Waals surface area contributed by atoms with Gasteiger partial charge < -0.3 is 57.6 Å². The monoisotopic (exact) mass is 772 g/mol. The number of fused-ring (bicyclic) bond motifs is 7. The largest absolute Gasteiger partial charge is 0.459 e. The lowest BCUT2D eigenvalue weighted by molar-refractivity contribution is -0.293. The van der Waals surface area contributed by atoms with Gasteiger partial charge in [0.1, 0.15) is 36.6 Å². The molecule has 21 atom stereocenters. The average Bonchev–Trinajstić information content (AvgIpc) is 3.74. The van der Waals surface area contributed by atoms with Gasteiger partial charge in [-0.15, -0.1) is 0 Å². The second-order valence-corrected chi connectivity index (χ2v) is 18.5. The van der Waals surface area contributed by atoms with E-state index in [0.717, 1.165) is 49.7 Å². The molecule has 11 heterocycles. The molecule has 13 nitrogen and oxygen atoms in total. The van der Waals surface area contributed by atoms with Gasteiger partial charge in [0, 0.05) is 38.2 Å². The maximum absolute atomic E-state index is 14.0. The molecule has 11 aliphatic rings. The molecule has 2 N–H and O–H groups in total. The molecule has 4 unspecified atom stereocenters. The van der Waals surface area contributed by atoms with Crippen LogP contribution in [0.4, 0.5) is 0 Å². The van der Waals surface area contributed by atoms with Crippen LogP contribution in [0.15, 0.2) is 24.3 Å². The summed E-state index contributed by atoms with van der Waals surface area (Å²) in [5.74, 6) is -1.18. The van der Waals surface area contributed by atoms with Gasteiger partial charge in [-0.05, 0) is 68.4 Å².